The van der Waals surface area contributed by atoms with Crippen molar-refractivity contribution in [1.82, 2.24) is 4.57 Å². The zero-order chi connectivity index (χ0) is 75.3. The van der Waals surface area contributed by atoms with Gasteiger partial charge in [0.15, 0.2) is 0 Å². The van der Waals surface area contributed by atoms with Gasteiger partial charge >= 0.3 is 0 Å². The highest BCUT2D eigenvalue weighted by molar-refractivity contribution is 7.00. The first-order chi connectivity index (χ1) is 49.9. The van der Waals surface area contributed by atoms with Crippen LogP contribution in [0.1, 0.15) is 190 Å². The van der Waals surface area contributed by atoms with Gasteiger partial charge in [0.05, 0.1) is 22.3 Å². The van der Waals surface area contributed by atoms with E-state index in [1.54, 1.807) is 0 Å². The molecule has 0 spiro atoms. The summed E-state index contributed by atoms with van der Waals surface area (Å²) in [5.41, 5.74) is 33.5. The Kier molecular flexibility index (Phi) is 17.1. The summed E-state index contributed by atoms with van der Waals surface area (Å²) in [6.45, 7) is 48.9. The molecule has 12 aromatic carbocycles. The fraction of sp³-hybridized carbons (Fsp3) is 0.277. The molecular weight excluding hydrogens is 1280 g/mol. The molecule has 2 aliphatic heterocycles. The average Bonchev–Trinajstić information content (AvgIpc) is 0.815. The third-order valence-corrected chi connectivity index (χ3v) is 22.6. The Morgan fingerprint density at radius 3 is 1.04 bits per heavy atom. The average molecular weight is 1380 g/mol. The number of rotatable bonds is 8. The van der Waals surface area contributed by atoms with E-state index in [4.69, 9.17) is 0 Å². The second kappa shape index (κ2) is 25.4. The van der Waals surface area contributed by atoms with Gasteiger partial charge in [-0.15, -0.1) is 0 Å². The van der Waals surface area contributed by atoms with E-state index in [0.29, 0.717) is 5.56 Å². The summed E-state index contributed by atoms with van der Waals surface area (Å²) in [6, 6.07) is 96.1. The van der Waals surface area contributed by atoms with Crippen molar-refractivity contribution >= 4 is 79.0 Å². The lowest BCUT2D eigenvalue weighted by Gasteiger charge is -2.45. The lowest BCUT2D eigenvalue weighted by atomic mass is 9.33. The molecule has 13 aromatic rings. The number of aromatic nitrogens is 1. The maximum atomic E-state index is 11.5. The van der Waals surface area contributed by atoms with E-state index < -0.39 is 0 Å². The van der Waals surface area contributed by atoms with Crippen molar-refractivity contribution in [2.75, 3.05) is 9.80 Å². The normalized spacial score (nSPS) is 13.5. The summed E-state index contributed by atoms with van der Waals surface area (Å²) in [5.74, 6) is 0. The van der Waals surface area contributed by atoms with Gasteiger partial charge < -0.3 is 14.4 Å². The zero-order valence-electron chi connectivity index (χ0n) is 66.5. The number of nitriles is 1. The Hall–Kier alpha value is -10.4. The molecule has 530 valence electrons. The van der Waals surface area contributed by atoms with Crippen molar-refractivity contribution in [2.45, 2.75) is 183 Å². The molecule has 5 heteroatoms. The third-order valence-electron chi connectivity index (χ3n) is 22.6. The molecule has 0 atom stereocenters. The smallest absolute Gasteiger partial charge is 0.252 e. The van der Waals surface area contributed by atoms with Gasteiger partial charge in [-0.05, 0) is 222 Å². The number of hydrogen-bond acceptors (Lipinski definition) is 3. The standard InChI is InChI=1S/C101H103BN4/c1-95(2,3)74-33-29-32-64(45-74)69-44-68(63-30-23-22-24-31-63)52-82(53-69)105-91-55-66(71-48-77(98(10,11)12)59-78(49-71)99(13,14)15)40-43-86(91)102-85-42-39-65(70-46-75(96(4,5)6)58-76(47-70)97(7,8)9)54-90(85)104(92-56-73(57-93(105)94(92)102)72-50-79(100(16,17)18)60-80(51-72)101(19,20)21)81-41-38-67(62-103)89(61-81)106-87-36-27-25-34-83(87)84-35-26-28-37-88(84)106/h22-61H,1-21H3. The monoisotopic (exact) mass is 1380 g/mol. The van der Waals surface area contributed by atoms with Gasteiger partial charge in [-0.2, -0.15) is 5.26 Å². The molecule has 4 nitrogen and oxygen atoms in total. The molecular formula is C101H103BN4. The first-order valence-corrected chi connectivity index (χ1v) is 38.3. The van der Waals surface area contributed by atoms with E-state index >= 15 is 0 Å². The Bertz CT molecular complexity index is 5570. The maximum Gasteiger partial charge on any atom is 0.252 e. The minimum absolute atomic E-state index is 0.0746. The summed E-state index contributed by atoms with van der Waals surface area (Å²) >= 11 is 0. The van der Waals surface area contributed by atoms with Gasteiger partial charge in [0.2, 0.25) is 0 Å². The van der Waals surface area contributed by atoms with Crippen LogP contribution in [-0.2, 0) is 37.9 Å². The molecule has 0 N–H and O–H groups in total. The van der Waals surface area contributed by atoms with E-state index in [-0.39, 0.29) is 44.6 Å². The molecule has 0 amide bonds. The van der Waals surface area contributed by atoms with Crippen molar-refractivity contribution in [3.8, 4) is 67.4 Å². The zero-order valence-corrected chi connectivity index (χ0v) is 66.5. The van der Waals surface area contributed by atoms with E-state index in [0.717, 1.165) is 95.0 Å². The molecule has 0 bridgehead atoms. The number of anilines is 6. The number of hydrogen-bond donors (Lipinski definition) is 0. The lowest BCUT2D eigenvalue weighted by molar-refractivity contribution is 0.568. The Morgan fingerprint density at radius 1 is 0.255 bits per heavy atom. The molecule has 2 aliphatic rings. The largest absolute Gasteiger partial charge is 0.311 e. The molecule has 3 heterocycles. The fourth-order valence-electron chi connectivity index (χ4n) is 16.0. The first-order valence-electron chi connectivity index (χ1n) is 38.3. The van der Waals surface area contributed by atoms with Gasteiger partial charge in [0, 0.05) is 44.9 Å². The van der Waals surface area contributed by atoms with E-state index in [9.17, 15) is 5.26 Å². The molecule has 106 heavy (non-hydrogen) atoms. The van der Waals surface area contributed by atoms with Crippen LogP contribution in [0.3, 0.4) is 0 Å². The number of benzene rings is 12. The third kappa shape index (κ3) is 13.0. The Morgan fingerprint density at radius 2 is 0.604 bits per heavy atom. The van der Waals surface area contributed by atoms with Gasteiger partial charge in [0.1, 0.15) is 6.07 Å². The van der Waals surface area contributed by atoms with Crippen LogP contribution < -0.4 is 26.2 Å². The van der Waals surface area contributed by atoms with Crippen LogP contribution in [0.15, 0.2) is 243 Å². The number of para-hydroxylation sites is 2. The molecule has 0 saturated heterocycles. The van der Waals surface area contributed by atoms with E-state index in [2.05, 4.69) is 408 Å². The van der Waals surface area contributed by atoms with Crippen LogP contribution in [0.5, 0.6) is 0 Å². The van der Waals surface area contributed by atoms with Gasteiger partial charge in [-0.3, -0.25) is 0 Å². The van der Waals surface area contributed by atoms with Crippen LogP contribution in [0.4, 0.5) is 34.1 Å². The summed E-state index contributed by atoms with van der Waals surface area (Å²) in [6.07, 6.45) is 0. The summed E-state index contributed by atoms with van der Waals surface area (Å²) < 4.78 is 2.33. The number of fused-ring (bicyclic) bond motifs is 7. The molecule has 0 saturated carbocycles. The quantitative estimate of drug-likeness (QED) is 0.142. The molecule has 1 aromatic heterocycles. The minimum atomic E-state index is -0.238. The molecule has 0 radical (unpaired) electrons. The van der Waals surface area contributed by atoms with Gasteiger partial charge in [-0.1, -0.05) is 315 Å². The van der Waals surface area contributed by atoms with Crippen molar-refractivity contribution in [3.05, 3.63) is 287 Å². The van der Waals surface area contributed by atoms with Crippen molar-refractivity contribution < 1.29 is 0 Å². The predicted molar refractivity (Wildman–Crippen MR) is 458 cm³/mol. The molecule has 0 aliphatic carbocycles. The fourth-order valence-corrected chi connectivity index (χ4v) is 16.0. The maximum absolute atomic E-state index is 11.5. The minimum Gasteiger partial charge on any atom is -0.311 e. The highest BCUT2D eigenvalue weighted by Crippen LogP contribution is 2.51. The second-order valence-electron chi connectivity index (χ2n) is 37.6. The highest BCUT2D eigenvalue weighted by atomic mass is 15.2. The van der Waals surface area contributed by atoms with E-state index in [1.165, 1.54) is 77.6 Å². The Balaban J connectivity index is 1.12. The van der Waals surface area contributed by atoms with Gasteiger partial charge in [0.25, 0.3) is 6.71 Å². The second-order valence-corrected chi connectivity index (χ2v) is 37.6. The highest BCUT2D eigenvalue weighted by Gasteiger charge is 2.45. The van der Waals surface area contributed by atoms with E-state index in [1.807, 2.05) is 0 Å². The topological polar surface area (TPSA) is 35.2 Å². The first kappa shape index (κ1) is 71.2. The van der Waals surface area contributed by atoms with Crippen LogP contribution in [0.25, 0.3) is 83.1 Å². The molecule has 0 unspecified atom stereocenters. The predicted octanol–water partition coefficient (Wildman–Crippen LogP) is 26.2. The summed E-state index contributed by atoms with van der Waals surface area (Å²) in [5, 5.41) is 13.8. The molecule has 0 fully saturated rings. The van der Waals surface area contributed by atoms with Crippen molar-refractivity contribution in [3.63, 3.8) is 0 Å². The van der Waals surface area contributed by atoms with Crippen LogP contribution >= 0.6 is 0 Å². The SMILES string of the molecule is CC(C)(C)c1cccc(-c2cc(-c3ccccc3)cc(N3c4cc(-c5cc(C(C)(C)C)cc(C(C)(C)C)c5)ccc4B4c5ccc(-c6cc(C(C)(C)C)cc(C(C)(C)C)c6)cc5N(c5ccc(C#N)c(-n6c7ccccc7c7ccccc76)c5)c5cc(-c6cc(C(C)(C)C)cc(C(C)(C)C)c6)cc3c54)c2)c1. The summed E-state index contributed by atoms with van der Waals surface area (Å²) in [7, 11) is 0. The van der Waals surface area contributed by atoms with Crippen molar-refractivity contribution in [1.29, 1.82) is 5.26 Å². The van der Waals surface area contributed by atoms with Crippen LogP contribution in [-0.4, -0.2) is 11.3 Å². The van der Waals surface area contributed by atoms with Crippen LogP contribution in [0.2, 0.25) is 0 Å². The summed E-state index contributed by atoms with van der Waals surface area (Å²) in [4.78, 5) is 5.24. The van der Waals surface area contributed by atoms with Crippen molar-refractivity contribution in [2.24, 2.45) is 0 Å². The Labute approximate surface area is 632 Å². The van der Waals surface area contributed by atoms with Crippen LogP contribution in [0, 0.1) is 11.3 Å². The number of nitrogens with zero attached hydrogens (tertiary/aromatic N) is 4. The molecule has 15 rings (SSSR count). The lowest BCUT2D eigenvalue weighted by Crippen LogP contribution is -2.61. The van der Waals surface area contributed by atoms with Gasteiger partial charge in [-0.25, -0.2) is 0 Å².